The molecule has 0 aliphatic heterocycles. The summed E-state index contributed by atoms with van der Waals surface area (Å²) in [5, 5.41) is 19.1. The number of carboxylic acids is 1. The second-order valence-electron chi connectivity index (χ2n) is 2.11. The van der Waals surface area contributed by atoms with E-state index in [-0.39, 0.29) is 5.75 Å². The molecule has 12 heavy (non-hydrogen) atoms. The Hall–Kier alpha value is -1.11. The molecule has 0 saturated carbocycles. The van der Waals surface area contributed by atoms with Gasteiger partial charge in [0.2, 0.25) is 0 Å². The van der Waals surface area contributed by atoms with Crippen LogP contribution in [-0.2, 0) is 17.6 Å². The molecule has 0 amide bonds. The van der Waals surface area contributed by atoms with Gasteiger partial charge in [0.1, 0.15) is 0 Å². The van der Waals surface area contributed by atoms with Crippen LogP contribution in [0, 0.1) is 0 Å². The van der Waals surface area contributed by atoms with E-state index in [1.807, 2.05) is 0 Å². The molecule has 7 heteroatoms. The molecule has 1 aromatic rings. The third kappa shape index (κ3) is 2.50. The summed E-state index contributed by atoms with van der Waals surface area (Å²) in [4.78, 5) is 10.1. The van der Waals surface area contributed by atoms with Crippen molar-refractivity contribution in [2.45, 2.75) is 5.75 Å². The van der Waals surface area contributed by atoms with Crippen molar-refractivity contribution < 1.29 is 9.90 Å². The molecule has 0 aliphatic carbocycles. The van der Waals surface area contributed by atoms with E-state index in [4.69, 9.17) is 5.11 Å². The molecule has 0 unspecified atom stereocenters. The summed E-state index contributed by atoms with van der Waals surface area (Å²) in [7, 11) is 1.72. The molecule has 1 aromatic heterocycles. The van der Waals surface area contributed by atoms with Crippen molar-refractivity contribution in [1.82, 2.24) is 20.2 Å². The highest BCUT2D eigenvalue weighted by Crippen LogP contribution is 2.06. The lowest BCUT2D eigenvalue weighted by atomic mass is 10.7. The van der Waals surface area contributed by atoms with E-state index in [0.29, 0.717) is 11.6 Å². The Bertz CT molecular complexity index is 274. The van der Waals surface area contributed by atoms with Gasteiger partial charge in [-0.3, -0.25) is 4.79 Å². The molecular weight excluding hydrogens is 180 g/mol. The molecule has 0 saturated heterocycles. The Balaban J connectivity index is 2.33. The average molecular weight is 188 g/mol. The van der Waals surface area contributed by atoms with Gasteiger partial charge < -0.3 is 5.11 Å². The van der Waals surface area contributed by atoms with E-state index in [1.165, 1.54) is 16.4 Å². The van der Waals surface area contributed by atoms with Gasteiger partial charge in [-0.05, 0) is 10.4 Å². The van der Waals surface area contributed by atoms with E-state index >= 15 is 0 Å². The molecule has 0 fully saturated rings. The van der Waals surface area contributed by atoms with Gasteiger partial charge in [-0.1, -0.05) is 0 Å². The van der Waals surface area contributed by atoms with Gasteiger partial charge in [0.15, 0.2) is 5.82 Å². The number of aryl methyl sites for hydroxylation is 1. The first-order valence-electron chi connectivity index (χ1n) is 3.21. The van der Waals surface area contributed by atoms with Crippen molar-refractivity contribution in [3.05, 3.63) is 5.82 Å². The van der Waals surface area contributed by atoms with E-state index in [9.17, 15) is 4.79 Å². The van der Waals surface area contributed by atoms with Crippen LogP contribution in [0.3, 0.4) is 0 Å². The molecule has 1 rings (SSSR count). The number of carbonyl (C=O) groups is 1. The lowest BCUT2D eigenvalue weighted by Crippen LogP contribution is -2.01. The minimum Gasteiger partial charge on any atom is -0.481 e. The Morgan fingerprint density at radius 3 is 3.00 bits per heavy atom. The van der Waals surface area contributed by atoms with Gasteiger partial charge in [-0.25, -0.2) is 4.68 Å². The quantitative estimate of drug-likeness (QED) is 0.687. The van der Waals surface area contributed by atoms with Crippen LogP contribution < -0.4 is 0 Å². The smallest absolute Gasteiger partial charge is 0.313 e. The van der Waals surface area contributed by atoms with E-state index < -0.39 is 5.97 Å². The number of aromatic nitrogens is 4. The molecule has 1 N–H and O–H groups in total. The zero-order valence-electron chi connectivity index (χ0n) is 6.47. The van der Waals surface area contributed by atoms with Gasteiger partial charge in [0.25, 0.3) is 0 Å². The van der Waals surface area contributed by atoms with Crippen LogP contribution >= 0.6 is 11.8 Å². The van der Waals surface area contributed by atoms with E-state index in [0.717, 1.165) is 0 Å². The first-order valence-corrected chi connectivity index (χ1v) is 4.36. The van der Waals surface area contributed by atoms with Gasteiger partial charge in [-0.15, -0.1) is 16.9 Å². The van der Waals surface area contributed by atoms with Crippen LogP contribution in [0.4, 0.5) is 0 Å². The van der Waals surface area contributed by atoms with Crippen molar-refractivity contribution in [3.63, 3.8) is 0 Å². The summed E-state index contributed by atoms with van der Waals surface area (Å²) in [5.74, 6) is 0.458. The fourth-order valence-electron chi connectivity index (χ4n) is 0.600. The van der Waals surface area contributed by atoms with Gasteiger partial charge >= 0.3 is 5.97 Å². The standard InChI is InChI=1S/C5H8N4O2S/c1-9-4(6-7-8-9)2-12-3-5(10)11/h2-3H2,1H3,(H,10,11). The summed E-state index contributed by atoms with van der Waals surface area (Å²) >= 11 is 1.27. The van der Waals surface area contributed by atoms with Gasteiger partial charge in [-0.2, -0.15) is 0 Å². The molecule has 6 nitrogen and oxygen atoms in total. The number of aliphatic carboxylic acids is 1. The predicted molar refractivity (Wildman–Crippen MR) is 42.6 cm³/mol. The second kappa shape index (κ2) is 4.05. The highest BCUT2D eigenvalue weighted by Gasteiger charge is 2.03. The van der Waals surface area contributed by atoms with Crippen molar-refractivity contribution in [2.24, 2.45) is 7.05 Å². The van der Waals surface area contributed by atoms with Crippen LogP contribution in [0.1, 0.15) is 5.82 Å². The third-order valence-corrected chi connectivity index (χ3v) is 2.08. The Morgan fingerprint density at radius 2 is 2.50 bits per heavy atom. The fraction of sp³-hybridized carbons (Fsp3) is 0.600. The highest BCUT2D eigenvalue weighted by atomic mass is 32.2. The van der Waals surface area contributed by atoms with Crippen LogP contribution in [0.2, 0.25) is 0 Å². The minimum atomic E-state index is -0.824. The maximum Gasteiger partial charge on any atom is 0.313 e. The van der Waals surface area contributed by atoms with Gasteiger partial charge in [0.05, 0.1) is 11.5 Å². The Kier molecular flexibility index (Phi) is 3.03. The van der Waals surface area contributed by atoms with Crippen molar-refractivity contribution >= 4 is 17.7 Å². The maximum absolute atomic E-state index is 10.1. The topological polar surface area (TPSA) is 80.9 Å². The van der Waals surface area contributed by atoms with E-state index in [1.54, 1.807) is 7.05 Å². The highest BCUT2D eigenvalue weighted by molar-refractivity contribution is 7.99. The SMILES string of the molecule is Cn1nnnc1CSCC(=O)O. The molecular formula is C5H8N4O2S. The summed E-state index contributed by atoms with van der Waals surface area (Å²) < 4.78 is 1.52. The molecule has 0 atom stereocenters. The largest absolute Gasteiger partial charge is 0.481 e. The summed E-state index contributed by atoms with van der Waals surface area (Å²) in [6.45, 7) is 0. The lowest BCUT2D eigenvalue weighted by molar-refractivity contribution is -0.133. The third-order valence-electron chi connectivity index (χ3n) is 1.16. The van der Waals surface area contributed by atoms with E-state index in [2.05, 4.69) is 15.5 Å². The zero-order valence-corrected chi connectivity index (χ0v) is 7.28. The Labute approximate surface area is 73.0 Å². The van der Waals surface area contributed by atoms with Crippen LogP contribution in [0.25, 0.3) is 0 Å². The second-order valence-corrected chi connectivity index (χ2v) is 3.09. The molecule has 0 aromatic carbocycles. The van der Waals surface area contributed by atoms with Crippen molar-refractivity contribution in [2.75, 3.05) is 5.75 Å². The number of carboxylic acid groups (broad SMARTS) is 1. The van der Waals surface area contributed by atoms with Crippen LogP contribution in [0.15, 0.2) is 0 Å². The molecule has 0 bridgehead atoms. The summed E-state index contributed by atoms with van der Waals surface area (Å²) in [5.41, 5.74) is 0. The maximum atomic E-state index is 10.1. The number of rotatable bonds is 4. The molecule has 0 spiro atoms. The fourth-order valence-corrected chi connectivity index (χ4v) is 1.30. The molecule has 66 valence electrons. The Morgan fingerprint density at radius 1 is 1.75 bits per heavy atom. The number of nitrogens with zero attached hydrogens (tertiary/aromatic N) is 4. The first kappa shape index (κ1) is 8.98. The van der Waals surface area contributed by atoms with Crippen LogP contribution in [-0.4, -0.2) is 37.0 Å². The number of tetrazole rings is 1. The zero-order chi connectivity index (χ0) is 8.97. The monoisotopic (exact) mass is 188 g/mol. The van der Waals surface area contributed by atoms with Crippen LogP contribution in [0.5, 0.6) is 0 Å². The number of hydrogen-bond donors (Lipinski definition) is 1. The normalized spacial score (nSPS) is 10.1. The van der Waals surface area contributed by atoms with Gasteiger partial charge in [0, 0.05) is 7.05 Å². The lowest BCUT2D eigenvalue weighted by Gasteiger charge is -1.95. The molecule has 1 heterocycles. The predicted octanol–water partition coefficient (Wildman–Crippen LogP) is -0.472. The van der Waals surface area contributed by atoms with Crippen molar-refractivity contribution in [1.29, 1.82) is 0 Å². The number of thioether (sulfide) groups is 1. The first-order chi connectivity index (χ1) is 5.70. The average Bonchev–Trinajstić information content (AvgIpc) is 2.36. The molecule has 0 aliphatic rings. The summed E-state index contributed by atoms with van der Waals surface area (Å²) in [6.07, 6.45) is 0. The minimum absolute atomic E-state index is 0.0762. The van der Waals surface area contributed by atoms with Crippen molar-refractivity contribution in [3.8, 4) is 0 Å². The number of hydrogen-bond acceptors (Lipinski definition) is 5. The molecule has 0 radical (unpaired) electrons. The summed E-state index contributed by atoms with van der Waals surface area (Å²) in [6, 6.07) is 0.